The van der Waals surface area contributed by atoms with Crippen LogP contribution in [0.5, 0.6) is 5.75 Å². The molecule has 1 saturated heterocycles. The number of ether oxygens (including phenoxy) is 1. The highest BCUT2D eigenvalue weighted by Crippen LogP contribution is 2.28. The molecular weight excluding hydrogens is 230 g/mol. The zero-order valence-corrected chi connectivity index (χ0v) is 10.6. The van der Waals surface area contributed by atoms with Gasteiger partial charge in [-0.15, -0.1) is 0 Å². The molecule has 0 bridgehead atoms. The van der Waals surface area contributed by atoms with Gasteiger partial charge in [-0.25, -0.2) is 0 Å². The van der Waals surface area contributed by atoms with Crippen molar-refractivity contribution in [2.45, 2.75) is 13.3 Å². The van der Waals surface area contributed by atoms with E-state index in [1.807, 2.05) is 23.1 Å². The van der Waals surface area contributed by atoms with Gasteiger partial charge in [-0.1, -0.05) is 6.92 Å². The van der Waals surface area contributed by atoms with Crippen LogP contribution in [-0.2, 0) is 4.79 Å². The highest BCUT2D eigenvalue weighted by atomic mass is 16.5. The summed E-state index contributed by atoms with van der Waals surface area (Å²) >= 11 is 0. The SMILES string of the molecule is CCCOc1cc(N2CCNC(=O)C2)ccc1N. The fourth-order valence-electron chi connectivity index (χ4n) is 1.92. The molecule has 0 spiro atoms. The topological polar surface area (TPSA) is 67.6 Å². The van der Waals surface area contributed by atoms with Gasteiger partial charge in [0, 0.05) is 24.8 Å². The third kappa shape index (κ3) is 2.85. The van der Waals surface area contributed by atoms with E-state index in [4.69, 9.17) is 10.5 Å². The normalized spacial score (nSPS) is 15.4. The molecule has 0 saturated carbocycles. The molecule has 1 aromatic carbocycles. The molecule has 0 aliphatic carbocycles. The van der Waals surface area contributed by atoms with Gasteiger partial charge in [-0.3, -0.25) is 4.79 Å². The predicted octanol–water partition coefficient (Wildman–Crippen LogP) is 0.994. The highest BCUT2D eigenvalue weighted by molar-refractivity contribution is 5.83. The number of rotatable bonds is 4. The van der Waals surface area contributed by atoms with Crippen LogP contribution in [0.3, 0.4) is 0 Å². The van der Waals surface area contributed by atoms with Crippen LogP contribution in [0.4, 0.5) is 11.4 Å². The van der Waals surface area contributed by atoms with E-state index in [1.165, 1.54) is 0 Å². The minimum Gasteiger partial charge on any atom is -0.491 e. The molecule has 18 heavy (non-hydrogen) atoms. The van der Waals surface area contributed by atoms with Gasteiger partial charge < -0.3 is 20.7 Å². The second kappa shape index (κ2) is 5.62. The van der Waals surface area contributed by atoms with E-state index in [0.717, 1.165) is 18.7 Å². The molecule has 1 aliphatic rings. The van der Waals surface area contributed by atoms with E-state index in [0.29, 0.717) is 31.1 Å². The molecular formula is C13H19N3O2. The summed E-state index contributed by atoms with van der Waals surface area (Å²) in [7, 11) is 0. The van der Waals surface area contributed by atoms with E-state index in [9.17, 15) is 4.79 Å². The molecule has 5 heteroatoms. The Hall–Kier alpha value is -1.91. The van der Waals surface area contributed by atoms with Crippen molar-refractivity contribution in [3.8, 4) is 5.75 Å². The van der Waals surface area contributed by atoms with Crippen LogP contribution in [0, 0.1) is 0 Å². The first-order valence-corrected chi connectivity index (χ1v) is 6.24. The molecule has 0 radical (unpaired) electrons. The zero-order chi connectivity index (χ0) is 13.0. The number of nitrogens with zero attached hydrogens (tertiary/aromatic N) is 1. The van der Waals surface area contributed by atoms with E-state index in [2.05, 4.69) is 12.2 Å². The Morgan fingerprint density at radius 2 is 2.33 bits per heavy atom. The lowest BCUT2D eigenvalue weighted by molar-refractivity contribution is -0.120. The Morgan fingerprint density at radius 3 is 3.06 bits per heavy atom. The summed E-state index contributed by atoms with van der Waals surface area (Å²) in [6, 6.07) is 5.66. The molecule has 1 amide bonds. The van der Waals surface area contributed by atoms with Crippen molar-refractivity contribution in [2.75, 3.05) is 36.9 Å². The van der Waals surface area contributed by atoms with Gasteiger partial charge in [0.15, 0.2) is 0 Å². The van der Waals surface area contributed by atoms with Crippen molar-refractivity contribution in [1.29, 1.82) is 0 Å². The van der Waals surface area contributed by atoms with E-state index < -0.39 is 0 Å². The van der Waals surface area contributed by atoms with Gasteiger partial charge in [0.2, 0.25) is 5.91 Å². The zero-order valence-electron chi connectivity index (χ0n) is 10.6. The number of nitrogen functional groups attached to an aromatic ring is 1. The fourth-order valence-corrected chi connectivity index (χ4v) is 1.92. The number of benzene rings is 1. The first-order valence-electron chi connectivity index (χ1n) is 6.24. The molecule has 5 nitrogen and oxygen atoms in total. The molecule has 2 rings (SSSR count). The van der Waals surface area contributed by atoms with Gasteiger partial charge in [0.25, 0.3) is 0 Å². The van der Waals surface area contributed by atoms with E-state index in [1.54, 1.807) is 0 Å². The van der Waals surface area contributed by atoms with Crippen LogP contribution in [-0.4, -0.2) is 32.1 Å². The van der Waals surface area contributed by atoms with Crippen molar-refractivity contribution in [3.05, 3.63) is 18.2 Å². The summed E-state index contributed by atoms with van der Waals surface area (Å²) in [5, 5.41) is 2.81. The van der Waals surface area contributed by atoms with Crippen LogP contribution in [0.15, 0.2) is 18.2 Å². The van der Waals surface area contributed by atoms with Crippen LogP contribution >= 0.6 is 0 Å². The molecule has 0 aromatic heterocycles. The maximum atomic E-state index is 11.4. The number of carbonyl (C=O) groups excluding carboxylic acids is 1. The van der Waals surface area contributed by atoms with Crippen molar-refractivity contribution in [2.24, 2.45) is 0 Å². The van der Waals surface area contributed by atoms with Gasteiger partial charge in [-0.2, -0.15) is 0 Å². The first-order chi connectivity index (χ1) is 8.70. The number of hydrogen-bond acceptors (Lipinski definition) is 4. The monoisotopic (exact) mass is 249 g/mol. The Morgan fingerprint density at radius 1 is 1.50 bits per heavy atom. The number of nitrogens with one attached hydrogen (secondary N) is 1. The summed E-state index contributed by atoms with van der Waals surface area (Å²) in [6.07, 6.45) is 0.940. The summed E-state index contributed by atoms with van der Waals surface area (Å²) < 4.78 is 5.59. The predicted molar refractivity (Wildman–Crippen MR) is 71.9 cm³/mol. The summed E-state index contributed by atoms with van der Waals surface area (Å²) in [4.78, 5) is 13.4. The average molecular weight is 249 g/mol. The minimum absolute atomic E-state index is 0.0501. The number of anilines is 2. The smallest absolute Gasteiger partial charge is 0.239 e. The number of hydrogen-bond donors (Lipinski definition) is 2. The summed E-state index contributed by atoms with van der Waals surface area (Å²) in [6.45, 7) is 4.57. The molecule has 98 valence electrons. The Bertz CT molecular complexity index is 434. The van der Waals surface area contributed by atoms with Gasteiger partial charge >= 0.3 is 0 Å². The van der Waals surface area contributed by atoms with Crippen molar-refractivity contribution < 1.29 is 9.53 Å². The van der Waals surface area contributed by atoms with Crippen LogP contribution in [0.2, 0.25) is 0 Å². The van der Waals surface area contributed by atoms with E-state index in [-0.39, 0.29) is 5.91 Å². The molecule has 1 aromatic rings. The molecule has 1 heterocycles. The summed E-state index contributed by atoms with van der Waals surface area (Å²) in [5.74, 6) is 0.745. The molecule has 1 aliphatic heterocycles. The van der Waals surface area contributed by atoms with Crippen molar-refractivity contribution in [3.63, 3.8) is 0 Å². The second-order valence-corrected chi connectivity index (χ2v) is 4.34. The summed E-state index contributed by atoms with van der Waals surface area (Å²) in [5.41, 5.74) is 7.47. The van der Waals surface area contributed by atoms with Gasteiger partial charge in [0.1, 0.15) is 5.75 Å². The molecule has 3 N–H and O–H groups in total. The Labute approximate surface area is 107 Å². The molecule has 0 unspecified atom stereocenters. The van der Waals surface area contributed by atoms with Crippen LogP contribution in [0.1, 0.15) is 13.3 Å². The third-order valence-electron chi connectivity index (χ3n) is 2.86. The maximum Gasteiger partial charge on any atom is 0.239 e. The lowest BCUT2D eigenvalue weighted by Crippen LogP contribution is -2.47. The van der Waals surface area contributed by atoms with Crippen molar-refractivity contribution in [1.82, 2.24) is 5.32 Å². The lowest BCUT2D eigenvalue weighted by Gasteiger charge is -2.29. The van der Waals surface area contributed by atoms with Crippen molar-refractivity contribution >= 4 is 17.3 Å². The largest absolute Gasteiger partial charge is 0.491 e. The Kier molecular flexibility index (Phi) is 3.92. The lowest BCUT2D eigenvalue weighted by atomic mass is 10.2. The third-order valence-corrected chi connectivity index (χ3v) is 2.86. The number of nitrogens with two attached hydrogens (primary N) is 1. The van der Waals surface area contributed by atoms with Crippen LogP contribution < -0.4 is 20.7 Å². The fraction of sp³-hybridized carbons (Fsp3) is 0.462. The van der Waals surface area contributed by atoms with Crippen LogP contribution in [0.25, 0.3) is 0 Å². The Balaban J connectivity index is 2.15. The maximum absolute atomic E-state index is 11.4. The second-order valence-electron chi connectivity index (χ2n) is 4.34. The number of carbonyl (C=O) groups is 1. The number of piperazine rings is 1. The highest BCUT2D eigenvalue weighted by Gasteiger charge is 2.17. The van der Waals surface area contributed by atoms with Gasteiger partial charge in [-0.05, 0) is 18.6 Å². The quantitative estimate of drug-likeness (QED) is 0.781. The van der Waals surface area contributed by atoms with E-state index >= 15 is 0 Å². The molecule has 1 fully saturated rings. The molecule has 0 atom stereocenters. The minimum atomic E-state index is 0.0501. The first kappa shape index (κ1) is 12.5. The average Bonchev–Trinajstić information content (AvgIpc) is 2.38. The number of amides is 1. The van der Waals surface area contributed by atoms with Gasteiger partial charge in [0.05, 0.1) is 18.8 Å². The standard InChI is InChI=1S/C13H19N3O2/c1-2-7-18-12-8-10(3-4-11(12)14)16-6-5-15-13(17)9-16/h3-4,8H,2,5-7,9,14H2,1H3,(H,15,17).